The molecule has 2 aromatic rings. The first-order chi connectivity index (χ1) is 9.69. The van der Waals surface area contributed by atoms with Gasteiger partial charge in [0.2, 0.25) is 0 Å². The van der Waals surface area contributed by atoms with Crippen molar-refractivity contribution in [2.75, 3.05) is 13.6 Å². The van der Waals surface area contributed by atoms with Crippen molar-refractivity contribution in [3.8, 4) is 10.6 Å². The van der Waals surface area contributed by atoms with Crippen LogP contribution < -0.4 is 5.32 Å². The number of halogens is 2. The number of hydrogen-bond donors (Lipinski definition) is 1. The highest BCUT2D eigenvalue weighted by molar-refractivity contribution is 7.15. The lowest BCUT2D eigenvalue weighted by atomic mass is 9.91. The first kappa shape index (κ1) is 13.6. The van der Waals surface area contributed by atoms with Crippen LogP contribution in [0.4, 0.5) is 8.78 Å². The topological polar surface area (TPSA) is 24.9 Å². The molecule has 20 heavy (non-hydrogen) atoms. The summed E-state index contributed by atoms with van der Waals surface area (Å²) in [6.07, 6.45) is 3.27. The van der Waals surface area contributed by atoms with Crippen molar-refractivity contribution in [1.29, 1.82) is 0 Å². The Morgan fingerprint density at radius 2 is 2.25 bits per heavy atom. The summed E-state index contributed by atoms with van der Waals surface area (Å²) in [6, 6.07) is 3.67. The van der Waals surface area contributed by atoms with Crippen LogP contribution in [-0.4, -0.2) is 18.6 Å². The standard InChI is InChI=1S/C15H16F2N2S/c1-18-8-9-3-2-4-13-14(9)19-15(20-13)11-6-5-10(16)7-12(11)17/h5-7,9,18H,2-4,8H2,1H3. The van der Waals surface area contributed by atoms with Crippen LogP contribution in [0.3, 0.4) is 0 Å². The summed E-state index contributed by atoms with van der Waals surface area (Å²) in [4.78, 5) is 5.87. The van der Waals surface area contributed by atoms with Gasteiger partial charge in [-0.3, -0.25) is 0 Å². The van der Waals surface area contributed by atoms with Gasteiger partial charge in [-0.15, -0.1) is 11.3 Å². The summed E-state index contributed by atoms with van der Waals surface area (Å²) < 4.78 is 26.8. The maximum absolute atomic E-state index is 13.9. The van der Waals surface area contributed by atoms with E-state index < -0.39 is 11.6 Å². The molecule has 0 spiro atoms. The van der Waals surface area contributed by atoms with E-state index in [1.165, 1.54) is 28.3 Å². The average molecular weight is 294 g/mol. The molecule has 1 aromatic carbocycles. The van der Waals surface area contributed by atoms with Crippen molar-refractivity contribution >= 4 is 11.3 Å². The second-order valence-corrected chi connectivity index (χ2v) is 6.18. The van der Waals surface area contributed by atoms with Gasteiger partial charge in [-0.2, -0.15) is 0 Å². The second-order valence-electron chi connectivity index (χ2n) is 5.10. The lowest BCUT2D eigenvalue weighted by Crippen LogP contribution is -2.20. The third-order valence-electron chi connectivity index (χ3n) is 3.68. The zero-order valence-electron chi connectivity index (χ0n) is 11.2. The summed E-state index contributed by atoms with van der Waals surface area (Å²) in [5, 5.41) is 3.85. The van der Waals surface area contributed by atoms with Crippen LogP contribution in [-0.2, 0) is 6.42 Å². The van der Waals surface area contributed by atoms with Gasteiger partial charge in [0.15, 0.2) is 0 Å². The van der Waals surface area contributed by atoms with Crippen LogP contribution in [0.15, 0.2) is 18.2 Å². The van der Waals surface area contributed by atoms with Gasteiger partial charge >= 0.3 is 0 Å². The Bertz CT molecular complexity index is 624. The Balaban J connectivity index is 2.00. The van der Waals surface area contributed by atoms with Crippen molar-refractivity contribution in [1.82, 2.24) is 10.3 Å². The number of nitrogens with one attached hydrogen (secondary N) is 1. The van der Waals surface area contributed by atoms with Crippen molar-refractivity contribution in [2.45, 2.75) is 25.2 Å². The van der Waals surface area contributed by atoms with Crippen LogP contribution in [0.2, 0.25) is 0 Å². The summed E-state index contributed by atoms with van der Waals surface area (Å²) >= 11 is 1.54. The number of nitrogens with zero attached hydrogens (tertiary/aromatic N) is 1. The molecule has 106 valence electrons. The maximum atomic E-state index is 13.9. The minimum Gasteiger partial charge on any atom is -0.319 e. The molecule has 0 saturated heterocycles. The number of aryl methyl sites for hydroxylation is 1. The quantitative estimate of drug-likeness (QED) is 0.933. The third kappa shape index (κ3) is 2.47. The molecule has 1 atom stereocenters. The molecule has 0 aliphatic heterocycles. The van der Waals surface area contributed by atoms with Crippen molar-refractivity contribution in [3.05, 3.63) is 40.4 Å². The Labute approximate surface area is 120 Å². The summed E-state index contributed by atoms with van der Waals surface area (Å²) in [5.74, 6) is -0.695. The van der Waals surface area contributed by atoms with Crippen LogP contribution in [0, 0.1) is 11.6 Å². The highest BCUT2D eigenvalue weighted by Gasteiger charge is 2.25. The minimum atomic E-state index is -0.555. The summed E-state index contributed by atoms with van der Waals surface area (Å²) in [5.41, 5.74) is 1.49. The Kier molecular flexibility index (Phi) is 3.81. The molecule has 0 saturated carbocycles. The van der Waals surface area contributed by atoms with Gasteiger partial charge < -0.3 is 5.32 Å². The van der Waals surface area contributed by atoms with Gasteiger partial charge in [-0.05, 0) is 38.4 Å². The van der Waals surface area contributed by atoms with E-state index in [9.17, 15) is 8.78 Å². The molecule has 1 aromatic heterocycles. The summed E-state index contributed by atoms with van der Waals surface area (Å²) in [7, 11) is 1.93. The predicted molar refractivity (Wildman–Crippen MR) is 77.1 cm³/mol. The molecule has 1 aliphatic carbocycles. The number of rotatable bonds is 3. The molecule has 1 aliphatic rings. The molecular weight excluding hydrogens is 278 g/mol. The zero-order chi connectivity index (χ0) is 14.1. The van der Waals surface area contributed by atoms with Gasteiger partial charge in [0.1, 0.15) is 16.6 Å². The van der Waals surface area contributed by atoms with Crippen LogP contribution in [0.5, 0.6) is 0 Å². The Morgan fingerprint density at radius 1 is 1.40 bits per heavy atom. The SMILES string of the molecule is CNCC1CCCc2sc(-c3ccc(F)cc3F)nc21. The summed E-state index contributed by atoms with van der Waals surface area (Å²) in [6.45, 7) is 0.891. The normalized spacial score (nSPS) is 18.1. The van der Waals surface area contributed by atoms with Crippen molar-refractivity contribution < 1.29 is 8.78 Å². The molecule has 0 fully saturated rings. The van der Waals surface area contributed by atoms with E-state index in [4.69, 9.17) is 0 Å². The molecule has 1 heterocycles. The van der Waals surface area contributed by atoms with Gasteiger partial charge in [0.05, 0.1) is 5.69 Å². The van der Waals surface area contributed by atoms with Crippen LogP contribution in [0.1, 0.15) is 29.3 Å². The highest BCUT2D eigenvalue weighted by atomic mass is 32.1. The van der Waals surface area contributed by atoms with Crippen LogP contribution in [0.25, 0.3) is 10.6 Å². The molecule has 0 bridgehead atoms. The van der Waals surface area contributed by atoms with Crippen molar-refractivity contribution in [2.24, 2.45) is 0 Å². The molecule has 3 rings (SSSR count). The number of hydrogen-bond acceptors (Lipinski definition) is 3. The van der Waals surface area contributed by atoms with E-state index in [1.54, 1.807) is 0 Å². The molecular formula is C15H16F2N2S. The number of thiazole rings is 1. The molecule has 0 radical (unpaired) electrons. The van der Waals surface area contributed by atoms with E-state index in [0.717, 1.165) is 37.6 Å². The van der Waals surface area contributed by atoms with E-state index in [0.29, 0.717) is 16.5 Å². The average Bonchev–Trinajstić information content (AvgIpc) is 2.83. The third-order valence-corrected chi connectivity index (χ3v) is 4.85. The maximum Gasteiger partial charge on any atom is 0.136 e. The molecule has 1 unspecified atom stereocenters. The van der Waals surface area contributed by atoms with Gasteiger partial charge in [0, 0.05) is 29.0 Å². The zero-order valence-corrected chi connectivity index (χ0v) is 12.1. The number of fused-ring (bicyclic) bond motifs is 1. The Morgan fingerprint density at radius 3 is 3.00 bits per heavy atom. The first-order valence-electron chi connectivity index (χ1n) is 6.78. The first-order valence-corrected chi connectivity index (χ1v) is 7.60. The fourth-order valence-electron chi connectivity index (χ4n) is 2.73. The molecule has 2 nitrogen and oxygen atoms in total. The van der Waals surface area contributed by atoms with Gasteiger partial charge in [0.25, 0.3) is 0 Å². The van der Waals surface area contributed by atoms with Gasteiger partial charge in [-0.1, -0.05) is 0 Å². The number of benzene rings is 1. The van der Waals surface area contributed by atoms with Crippen LogP contribution >= 0.6 is 11.3 Å². The van der Waals surface area contributed by atoms with Crippen molar-refractivity contribution in [3.63, 3.8) is 0 Å². The number of aromatic nitrogens is 1. The van der Waals surface area contributed by atoms with E-state index in [2.05, 4.69) is 10.3 Å². The minimum absolute atomic E-state index is 0.397. The van der Waals surface area contributed by atoms with E-state index in [1.807, 2.05) is 7.05 Å². The van der Waals surface area contributed by atoms with E-state index >= 15 is 0 Å². The highest BCUT2D eigenvalue weighted by Crippen LogP contribution is 2.38. The molecule has 0 amide bonds. The molecule has 1 N–H and O–H groups in total. The lowest BCUT2D eigenvalue weighted by molar-refractivity contribution is 0.523. The fourth-order valence-corrected chi connectivity index (χ4v) is 3.95. The van der Waals surface area contributed by atoms with Gasteiger partial charge in [-0.25, -0.2) is 13.8 Å². The number of likely N-dealkylation sites (N-methyl/N-ethyl adjacent to an activating group) is 1. The monoisotopic (exact) mass is 294 g/mol. The van der Waals surface area contributed by atoms with E-state index in [-0.39, 0.29) is 0 Å². The Hall–Kier alpha value is -1.33. The fraction of sp³-hybridized carbons (Fsp3) is 0.400. The lowest BCUT2D eigenvalue weighted by Gasteiger charge is -2.20. The second kappa shape index (κ2) is 5.58. The predicted octanol–water partition coefficient (Wildman–Crippen LogP) is 3.73. The smallest absolute Gasteiger partial charge is 0.136 e. The largest absolute Gasteiger partial charge is 0.319 e. The molecule has 5 heteroatoms.